The van der Waals surface area contributed by atoms with Gasteiger partial charge in [0.05, 0.1) is 6.04 Å². The van der Waals surface area contributed by atoms with Crippen LogP contribution in [-0.4, -0.2) is 22.6 Å². The van der Waals surface area contributed by atoms with Crippen LogP contribution in [0.4, 0.5) is 4.79 Å². The Morgan fingerprint density at radius 3 is 2.24 bits per heavy atom. The number of aliphatic carboxylic acids is 1. The quantitative estimate of drug-likeness (QED) is 0.746. The smallest absolute Gasteiger partial charge is 0.328 e. The highest BCUT2D eigenvalue weighted by molar-refractivity contribution is 5.85. The standard InChI is InChI=1S/C16H22N2O3/c1-11(17-15(21)18-16(2,3)4)13-8-5-12(6-9-13)7-10-14(19)20/h5-11H,1-4H3,(H,19,20)(H2,17,18,21). The second kappa shape index (κ2) is 6.92. The lowest BCUT2D eigenvalue weighted by molar-refractivity contribution is -0.131. The Bertz CT molecular complexity index is 527. The normalized spacial score (nSPS) is 13.0. The van der Waals surface area contributed by atoms with E-state index in [2.05, 4.69) is 10.6 Å². The number of carbonyl (C=O) groups excluding carboxylic acids is 1. The van der Waals surface area contributed by atoms with Crippen LogP contribution < -0.4 is 10.6 Å². The summed E-state index contributed by atoms with van der Waals surface area (Å²) in [5.41, 5.74) is 1.47. The van der Waals surface area contributed by atoms with Crippen molar-refractivity contribution in [1.82, 2.24) is 10.6 Å². The van der Waals surface area contributed by atoms with Gasteiger partial charge >= 0.3 is 12.0 Å². The van der Waals surface area contributed by atoms with Crippen molar-refractivity contribution in [3.05, 3.63) is 41.5 Å². The van der Waals surface area contributed by atoms with Crippen LogP contribution in [-0.2, 0) is 4.79 Å². The maximum absolute atomic E-state index is 11.8. The second-order valence-corrected chi connectivity index (χ2v) is 5.91. The Morgan fingerprint density at radius 2 is 1.76 bits per heavy atom. The van der Waals surface area contributed by atoms with Crippen LogP contribution in [0.25, 0.3) is 6.08 Å². The zero-order valence-electron chi connectivity index (χ0n) is 12.8. The predicted molar refractivity (Wildman–Crippen MR) is 82.9 cm³/mol. The second-order valence-electron chi connectivity index (χ2n) is 5.91. The molecule has 0 bridgehead atoms. The van der Waals surface area contributed by atoms with Gasteiger partial charge in [0.1, 0.15) is 0 Å². The van der Waals surface area contributed by atoms with Crippen molar-refractivity contribution < 1.29 is 14.7 Å². The molecule has 5 heteroatoms. The number of hydrogen-bond acceptors (Lipinski definition) is 2. The Morgan fingerprint density at radius 1 is 1.19 bits per heavy atom. The molecule has 1 aromatic rings. The van der Waals surface area contributed by atoms with Crippen LogP contribution in [0.3, 0.4) is 0 Å². The van der Waals surface area contributed by atoms with Crippen molar-refractivity contribution >= 4 is 18.1 Å². The van der Waals surface area contributed by atoms with E-state index < -0.39 is 5.97 Å². The first-order valence-electron chi connectivity index (χ1n) is 6.77. The molecule has 1 aromatic carbocycles. The third kappa shape index (κ3) is 6.61. The first-order valence-corrected chi connectivity index (χ1v) is 6.77. The van der Waals surface area contributed by atoms with Crippen LogP contribution in [0.1, 0.15) is 44.9 Å². The van der Waals surface area contributed by atoms with Gasteiger partial charge in [-0.15, -0.1) is 0 Å². The number of nitrogens with one attached hydrogen (secondary N) is 2. The Hall–Kier alpha value is -2.30. The van der Waals surface area contributed by atoms with Gasteiger partial charge in [-0.1, -0.05) is 24.3 Å². The summed E-state index contributed by atoms with van der Waals surface area (Å²) in [4.78, 5) is 22.2. The van der Waals surface area contributed by atoms with Crippen LogP contribution in [0, 0.1) is 0 Å². The van der Waals surface area contributed by atoms with Crippen molar-refractivity contribution in [2.45, 2.75) is 39.3 Å². The van der Waals surface area contributed by atoms with Crippen LogP contribution in [0.15, 0.2) is 30.3 Å². The summed E-state index contributed by atoms with van der Waals surface area (Å²) in [6.07, 6.45) is 2.62. The van der Waals surface area contributed by atoms with Gasteiger partial charge in [-0.05, 0) is 44.9 Å². The minimum Gasteiger partial charge on any atom is -0.478 e. The molecule has 0 saturated heterocycles. The summed E-state index contributed by atoms with van der Waals surface area (Å²) in [6, 6.07) is 7.01. The van der Waals surface area contributed by atoms with Gasteiger partial charge in [-0.25, -0.2) is 9.59 Å². The molecule has 1 unspecified atom stereocenters. The number of urea groups is 1. The van der Waals surface area contributed by atoms with Crippen LogP contribution >= 0.6 is 0 Å². The molecule has 0 heterocycles. The van der Waals surface area contributed by atoms with Gasteiger partial charge < -0.3 is 15.7 Å². The summed E-state index contributed by atoms with van der Waals surface area (Å²) >= 11 is 0. The number of carboxylic acid groups (broad SMARTS) is 1. The molecule has 114 valence electrons. The number of amides is 2. The van der Waals surface area contributed by atoms with Crippen LogP contribution in [0.5, 0.6) is 0 Å². The molecular formula is C16H22N2O3. The molecule has 0 radical (unpaired) electrons. The molecule has 3 N–H and O–H groups in total. The SMILES string of the molecule is CC(NC(=O)NC(C)(C)C)c1ccc(C=CC(=O)O)cc1. The van der Waals surface area contributed by atoms with Gasteiger partial charge in [0.2, 0.25) is 0 Å². The molecule has 0 aromatic heterocycles. The fraction of sp³-hybridized carbons (Fsp3) is 0.375. The summed E-state index contributed by atoms with van der Waals surface area (Å²) in [7, 11) is 0. The first kappa shape index (κ1) is 16.8. The highest BCUT2D eigenvalue weighted by atomic mass is 16.4. The van der Waals surface area contributed by atoms with Gasteiger partial charge in [0, 0.05) is 11.6 Å². The first-order chi connectivity index (χ1) is 9.67. The molecule has 0 aliphatic carbocycles. The maximum atomic E-state index is 11.8. The molecule has 21 heavy (non-hydrogen) atoms. The van der Waals surface area contributed by atoms with E-state index in [1.54, 1.807) is 0 Å². The largest absolute Gasteiger partial charge is 0.478 e. The van der Waals surface area contributed by atoms with Gasteiger partial charge in [0.15, 0.2) is 0 Å². The predicted octanol–water partition coefficient (Wildman–Crippen LogP) is 2.94. The zero-order valence-corrected chi connectivity index (χ0v) is 12.8. The molecule has 0 saturated carbocycles. The topological polar surface area (TPSA) is 78.4 Å². The van der Waals surface area contributed by atoms with Crippen molar-refractivity contribution in [3.63, 3.8) is 0 Å². The molecule has 1 atom stereocenters. The van der Waals surface area contributed by atoms with Crippen molar-refractivity contribution in [1.29, 1.82) is 0 Å². The van der Waals surface area contributed by atoms with Gasteiger partial charge in [0.25, 0.3) is 0 Å². The summed E-state index contributed by atoms with van der Waals surface area (Å²) in [5, 5.41) is 14.3. The molecule has 5 nitrogen and oxygen atoms in total. The number of benzene rings is 1. The lowest BCUT2D eigenvalue weighted by Gasteiger charge is -2.23. The average Bonchev–Trinajstić information content (AvgIpc) is 2.34. The number of carboxylic acids is 1. The number of rotatable bonds is 4. The maximum Gasteiger partial charge on any atom is 0.328 e. The minimum absolute atomic E-state index is 0.134. The van der Waals surface area contributed by atoms with Crippen LogP contribution in [0.2, 0.25) is 0 Å². The zero-order chi connectivity index (χ0) is 16.0. The Labute approximate surface area is 125 Å². The van der Waals surface area contributed by atoms with E-state index in [0.29, 0.717) is 0 Å². The molecule has 0 aliphatic heterocycles. The number of hydrogen-bond donors (Lipinski definition) is 3. The highest BCUT2D eigenvalue weighted by Crippen LogP contribution is 2.14. The average molecular weight is 290 g/mol. The van der Waals surface area contributed by atoms with E-state index >= 15 is 0 Å². The molecule has 2 amide bonds. The van der Waals surface area contributed by atoms with E-state index in [1.165, 1.54) is 6.08 Å². The highest BCUT2D eigenvalue weighted by Gasteiger charge is 2.15. The summed E-state index contributed by atoms with van der Waals surface area (Å²) < 4.78 is 0. The Kier molecular flexibility index (Phi) is 5.52. The van der Waals surface area contributed by atoms with Crippen molar-refractivity contribution in [2.24, 2.45) is 0 Å². The third-order valence-electron chi connectivity index (χ3n) is 2.69. The van der Waals surface area contributed by atoms with Gasteiger partial charge in [-0.3, -0.25) is 0 Å². The van der Waals surface area contributed by atoms with E-state index in [1.807, 2.05) is 52.0 Å². The van der Waals surface area contributed by atoms with E-state index in [9.17, 15) is 9.59 Å². The van der Waals surface area contributed by atoms with Gasteiger partial charge in [-0.2, -0.15) is 0 Å². The molecule has 0 aliphatic rings. The van der Waals surface area contributed by atoms with Crippen molar-refractivity contribution in [2.75, 3.05) is 0 Å². The molecule has 0 spiro atoms. The third-order valence-corrected chi connectivity index (χ3v) is 2.69. The molecule has 1 rings (SSSR count). The molecular weight excluding hydrogens is 268 g/mol. The van der Waals surface area contributed by atoms with E-state index in [0.717, 1.165) is 17.2 Å². The van der Waals surface area contributed by atoms with Crippen molar-refractivity contribution in [3.8, 4) is 0 Å². The lowest BCUT2D eigenvalue weighted by Crippen LogP contribution is -2.47. The minimum atomic E-state index is -0.979. The fourth-order valence-corrected chi connectivity index (χ4v) is 1.72. The van der Waals surface area contributed by atoms with E-state index in [4.69, 9.17) is 5.11 Å². The van der Waals surface area contributed by atoms with E-state index in [-0.39, 0.29) is 17.6 Å². The number of carbonyl (C=O) groups is 2. The monoisotopic (exact) mass is 290 g/mol. The lowest BCUT2D eigenvalue weighted by atomic mass is 10.1. The fourth-order valence-electron chi connectivity index (χ4n) is 1.72. The Balaban J connectivity index is 2.65. The summed E-state index contributed by atoms with van der Waals surface area (Å²) in [5.74, 6) is -0.979. The summed E-state index contributed by atoms with van der Waals surface area (Å²) in [6.45, 7) is 7.65. The molecule has 0 fully saturated rings.